The van der Waals surface area contributed by atoms with Crippen LogP contribution in [-0.2, 0) is 25.6 Å². The van der Waals surface area contributed by atoms with Crippen LogP contribution < -0.4 is 27.4 Å². The SMILES string of the molecule is CCC(C)C(N)C(=O)NC(CCCCN)C(=O)NC(CCSC)C(=O)NC(Cc1ccccc1)C(=O)O. The van der Waals surface area contributed by atoms with Crippen LogP contribution in [0.3, 0.4) is 0 Å². The monoisotopic (exact) mass is 537 g/mol. The zero-order valence-electron chi connectivity index (χ0n) is 22.1. The van der Waals surface area contributed by atoms with E-state index >= 15 is 0 Å². The van der Waals surface area contributed by atoms with E-state index in [-0.39, 0.29) is 12.3 Å². The number of hydrogen-bond donors (Lipinski definition) is 6. The fraction of sp³-hybridized carbons (Fsp3) is 0.615. The lowest BCUT2D eigenvalue weighted by atomic mass is 9.98. The molecule has 10 nitrogen and oxygen atoms in total. The summed E-state index contributed by atoms with van der Waals surface area (Å²) in [6.07, 6.45) is 4.61. The predicted molar refractivity (Wildman–Crippen MR) is 147 cm³/mol. The minimum Gasteiger partial charge on any atom is -0.480 e. The topological polar surface area (TPSA) is 177 Å². The minimum absolute atomic E-state index is 0.0644. The molecule has 0 aromatic heterocycles. The van der Waals surface area contributed by atoms with Gasteiger partial charge in [-0.3, -0.25) is 14.4 Å². The molecule has 1 rings (SSSR count). The molecule has 0 saturated heterocycles. The van der Waals surface area contributed by atoms with Crippen molar-refractivity contribution < 1.29 is 24.3 Å². The normalized spacial score (nSPS) is 15.1. The summed E-state index contributed by atoms with van der Waals surface area (Å²) >= 11 is 1.50. The lowest BCUT2D eigenvalue weighted by molar-refractivity contribution is -0.142. The molecule has 0 aliphatic rings. The molecule has 0 heterocycles. The summed E-state index contributed by atoms with van der Waals surface area (Å²) in [5.74, 6) is -2.20. The molecular weight excluding hydrogens is 494 g/mol. The highest BCUT2D eigenvalue weighted by molar-refractivity contribution is 7.98. The molecule has 0 spiro atoms. The van der Waals surface area contributed by atoms with Crippen LogP contribution in [0.4, 0.5) is 0 Å². The van der Waals surface area contributed by atoms with Gasteiger partial charge in [0.15, 0.2) is 0 Å². The first-order valence-electron chi connectivity index (χ1n) is 12.8. The number of nitrogens with two attached hydrogens (primary N) is 2. The Balaban J connectivity index is 2.99. The maximum Gasteiger partial charge on any atom is 0.326 e. The second-order valence-electron chi connectivity index (χ2n) is 9.19. The van der Waals surface area contributed by atoms with Crippen LogP contribution in [0.25, 0.3) is 0 Å². The second-order valence-corrected chi connectivity index (χ2v) is 10.2. The Morgan fingerprint density at radius 1 is 0.919 bits per heavy atom. The van der Waals surface area contributed by atoms with Crippen molar-refractivity contribution in [2.45, 2.75) is 76.5 Å². The van der Waals surface area contributed by atoms with E-state index < -0.39 is 47.9 Å². The average molecular weight is 538 g/mol. The quantitative estimate of drug-likeness (QED) is 0.150. The number of amides is 3. The van der Waals surface area contributed by atoms with Gasteiger partial charge in [0.2, 0.25) is 17.7 Å². The molecule has 11 heteroatoms. The van der Waals surface area contributed by atoms with Crippen molar-refractivity contribution in [3.05, 3.63) is 35.9 Å². The van der Waals surface area contributed by atoms with Gasteiger partial charge >= 0.3 is 5.97 Å². The maximum absolute atomic E-state index is 13.2. The number of carboxylic acid groups (broad SMARTS) is 1. The molecule has 5 atom stereocenters. The van der Waals surface area contributed by atoms with Crippen molar-refractivity contribution in [1.82, 2.24) is 16.0 Å². The fourth-order valence-electron chi connectivity index (χ4n) is 3.64. The van der Waals surface area contributed by atoms with E-state index in [1.807, 2.05) is 26.2 Å². The zero-order valence-corrected chi connectivity index (χ0v) is 22.9. The van der Waals surface area contributed by atoms with Crippen LogP contribution >= 0.6 is 11.8 Å². The van der Waals surface area contributed by atoms with Crippen LogP contribution in [0.15, 0.2) is 30.3 Å². The summed E-state index contributed by atoms with van der Waals surface area (Å²) in [5.41, 5.74) is 12.4. The number of hydrogen-bond acceptors (Lipinski definition) is 7. The summed E-state index contributed by atoms with van der Waals surface area (Å²) in [5, 5.41) is 17.7. The molecule has 5 unspecified atom stereocenters. The Labute approximate surface area is 224 Å². The lowest BCUT2D eigenvalue weighted by Gasteiger charge is -2.26. The number of rotatable bonds is 18. The van der Waals surface area contributed by atoms with E-state index in [1.54, 1.807) is 24.3 Å². The van der Waals surface area contributed by atoms with Crippen LogP contribution in [0.5, 0.6) is 0 Å². The van der Waals surface area contributed by atoms with Gasteiger partial charge < -0.3 is 32.5 Å². The molecule has 1 aromatic rings. The summed E-state index contributed by atoms with van der Waals surface area (Å²) in [4.78, 5) is 50.9. The number of carbonyl (C=O) groups is 4. The van der Waals surface area contributed by atoms with Gasteiger partial charge in [0.1, 0.15) is 18.1 Å². The van der Waals surface area contributed by atoms with E-state index in [9.17, 15) is 24.3 Å². The Hall–Kier alpha value is -2.63. The Kier molecular flexibility index (Phi) is 15.6. The van der Waals surface area contributed by atoms with Crippen LogP contribution in [0.2, 0.25) is 0 Å². The first-order chi connectivity index (χ1) is 17.6. The van der Waals surface area contributed by atoms with E-state index in [0.717, 1.165) is 5.56 Å². The van der Waals surface area contributed by atoms with Crippen LogP contribution in [0, 0.1) is 5.92 Å². The van der Waals surface area contributed by atoms with Crippen molar-refractivity contribution in [2.24, 2.45) is 17.4 Å². The minimum atomic E-state index is -1.17. The first kappa shape index (κ1) is 32.4. The van der Waals surface area contributed by atoms with Crippen LogP contribution in [-0.4, -0.2) is 71.5 Å². The molecule has 0 radical (unpaired) electrons. The van der Waals surface area contributed by atoms with Gasteiger partial charge in [-0.15, -0.1) is 0 Å². The van der Waals surface area contributed by atoms with Gasteiger partial charge in [-0.05, 0) is 55.7 Å². The highest BCUT2D eigenvalue weighted by Crippen LogP contribution is 2.10. The number of carbonyl (C=O) groups excluding carboxylic acids is 3. The molecule has 0 aliphatic carbocycles. The maximum atomic E-state index is 13.2. The smallest absolute Gasteiger partial charge is 0.326 e. The van der Waals surface area contributed by atoms with E-state index in [2.05, 4.69) is 16.0 Å². The third kappa shape index (κ3) is 12.0. The van der Waals surface area contributed by atoms with Crippen molar-refractivity contribution >= 4 is 35.5 Å². The highest BCUT2D eigenvalue weighted by atomic mass is 32.2. The summed E-state index contributed by atoms with van der Waals surface area (Å²) < 4.78 is 0. The van der Waals surface area contributed by atoms with E-state index in [0.29, 0.717) is 44.4 Å². The van der Waals surface area contributed by atoms with Gasteiger partial charge in [-0.25, -0.2) is 4.79 Å². The fourth-order valence-corrected chi connectivity index (χ4v) is 4.11. The Morgan fingerprint density at radius 2 is 1.49 bits per heavy atom. The van der Waals surface area contributed by atoms with Gasteiger partial charge in [0, 0.05) is 6.42 Å². The molecule has 0 bridgehead atoms. The molecule has 3 amide bonds. The van der Waals surface area contributed by atoms with Crippen molar-refractivity contribution in [1.29, 1.82) is 0 Å². The summed E-state index contributed by atoms with van der Waals surface area (Å²) in [6.45, 7) is 4.25. The molecular formula is C26H43N5O5S. The van der Waals surface area contributed by atoms with Crippen molar-refractivity contribution in [3.8, 4) is 0 Å². The largest absolute Gasteiger partial charge is 0.480 e. The summed E-state index contributed by atoms with van der Waals surface area (Å²) in [7, 11) is 0. The lowest BCUT2D eigenvalue weighted by Crippen LogP contribution is -2.57. The standard InChI is InChI=1S/C26H43N5O5S/c1-4-17(2)22(28)25(34)30-19(12-8-9-14-27)23(32)29-20(13-15-37-3)24(33)31-21(26(35)36)16-18-10-6-5-7-11-18/h5-7,10-11,17,19-22H,4,8-9,12-16,27-28H2,1-3H3,(H,29,32)(H,30,34)(H,31,33)(H,35,36). The molecule has 8 N–H and O–H groups in total. The van der Waals surface area contributed by atoms with Crippen molar-refractivity contribution in [3.63, 3.8) is 0 Å². The third-order valence-corrected chi connectivity index (χ3v) is 6.92. The molecule has 208 valence electrons. The number of nitrogens with one attached hydrogen (secondary N) is 3. The molecule has 37 heavy (non-hydrogen) atoms. The summed E-state index contributed by atoms with van der Waals surface area (Å²) in [6, 6.07) is 5.21. The average Bonchev–Trinajstić information content (AvgIpc) is 2.89. The second kappa shape index (κ2) is 17.8. The number of benzene rings is 1. The molecule has 1 aromatic carbocycles. The first-order valence-corrected chi connectivity index (χ1v) is 14.2. The zero-order chi connectivity index (χ0) is 27.8. The molecule has 0 fully saturated rings. The van der Waals surface area contributed by atoms with E-state index in [1.165, 1.54) is 11.8 Å². The van der Waals surface area contributed by atoms with Gasteiger partial charge in [-0.2, -0.15) is 11.8 Å². The molecule has 0 saturated carbocycles. The Morgan fingerprint density at radius 3 is 2.03 bits per heavy atom. The Bertz CT molecular complexity index is 857. The van der Waals surface area contributed by atoms with Gasteiger partial charge in [0.25, 0.3) is 0 Å². The number of carboxylic acids is 1. The molecule has 0 aliphatic heterocycles. The predicted octanol–water partition coefficient (Wildman–Crippen LogP) is 1.02. The number of unbranched alkanes of at least 4 members (excludes halogenated alkanes) is 1. The number of aliphatic carboxylic acids is 1. The van der Waals surface area contributed by atoms with Gasteiger partial charge in [0.05, 0.1) is 6.04 Å². The van der Waals surface area contributed by atoms with Crippen LogP contribution in [0.1, 0.15) is 51.5 Å². The van der Waals surface area contributed by atoms with Gasteiger partial charge in [-0.1, -0.05) is 50.6 Å². The number of thioether (sulfide) groups is 1. The van der Waals surface area contributed by atoms with Crippen molar-refractivity contribution in [2.75, 3.05) is 18.6 Å². The van der Waals surface area contributed by atoms with E-state index in [4.69, 9.17) is 11.5 Å². The third-order valence-electron chi connectivity index (χ3n) is 6.28. The highest BCUT2D eigenvalue weighted by Gasteiger charge is 2.30.